The van der Waals surface area contributed by atoms with Gasteiger partial charge in [0.2, 0.25) is 0 Å². The number of rotatable bonds is 3. The van der Waals surface area contributed by atoms with Crippen molar-refractivity contribution in [1.82, 2.24) is 0 Å². The largest absolute Gasteiger partial charge is 0.478 e. The highest BCUT2D eigenvalue weighted by Crippen LogP contribution is 2.38. The van der Waals surface area contributed by atoms with E-state index in [1.807, 2.05) is 12.1 Å². The minimum Gasteiger partial charge on any atom is -0.478 e. The number of hydrogen-bond acceptors (Lipinski definition) is 2. The summed E-state index contributed by atoms with van der Waals surface area (Å²) in [6, 6.07) is 6.02. The van der Waals surface area contributed by atoms with Crippen LogP contribution in [0, 0.1) is 5.41 Å². The molecular weight excluding hydrogens is 318 g/mol. The number of carbonyl (C=O) groups is 1. The smallest absolute Gasteiger partial charge is 0.336 e. The van der Waals surface area contributed by atoms with Gasteiger partial charge < -0.3 is 10.0 Å². The number of benzene rings is 1. The highest BCUT2D eigenvalue weighted by atomic mass is 79.9. The number of hydrogen-bond donors (Lipinski definition) is 1. The summed E-state index contributed by atoms with van der Waals surface area (Å²) in [6.45, 7) is 4.67. The second-order valence-electron chi connectivity index (χ2n) is 6.48. The van der Waals surface area contributed by atoms with Gasteiger partial charge in [-0.3, -0.25) is 0 Å². The molecule has 0 aromatic heterocycles. The van der Waals surface area contributed by atoms with Gasteiger partial charge >= 0.3 is 5.97 Å². The molecule has 1 fully saturated rings. The summed E-state index contributed by atoms with van der Waals surface area (Å²) in [4.78, 5) is 13.3. The second kappa shape index (κ2) is 5.76. The molecular formula is C16H22BrNO2. The zero-order chi connectivity index (χ0) is 14.9. The first-order valence-electron chi connectivity index (χ1n) is 7.06. The van der Waals surface area contributed by atoms with E-state index in [2.05, 4.69) is 41.7 Å². The molecule has 3 nitrogen and oxygen atoms in total. The van der Waals surface area contributed by atoms with Crippen LogP contribution in [0.3, 0.4) is 0 Å². The van der Waals surface area contributed by atoms with Gasteiger partial charge in [-0.2, -0.15) is 0 Å². The lowest BCUT2D eigenvalue weighted by Gasteiger charge is -2.39. The zero-order valence-corrected chi connectivity index (χ0v) is 13.9. The van der Waals surface area contributed by atoms with Crippen LogP contribution in [-0.2, 0) is 0 Å². The van der Waals surface area contributed by atoms with E-state index in [-0.39, 0.29) is 0 Å². The molecule has 0 heterocycles. The maximum absolute atomic E-state index is 11.0. The van der Waals surface area contributed by atoms with E-state index in [0.29, 0.717) is 21.5 Å². The maximum atomic E-state index is 11.0. The topological polar surface area (TPSA) is 40.5 Å². The fourth-order valence-electron chi connectivity index (χ4n) is 2.88. The van der Waals surface area contributed by atoms with Crippen LogP contribution < -0.4 is 4.90 Å². The van der Waals surface area contributed by atoms with Gasteiger partial charge in [0.1, 0.15) is 0 Å². The minimum absolute atomic E-state index is 0.312. The number of carboxylic acid groups (broad SMARTS) is 1. The van der Waals surface area contributed by atoms with Gasteiger partial charge in [0.25, 0.3) is 0 Å². The van der Waals surface area contributed by atoms with Gasteiger partial charge in [-0.15, -0.1) is 0 Å². The van der Waals surface area contributed by atoms with Gasteiger partial charge in [0.05, 0.1) is 5.56 Å². The molecule has 0 unspecified atom stereocenters. The number of anilines is 1. The zero-order valence-electron chi connectivity index (χ0n) is 12.3. The van der Waals surface area contributed by atoms with Gasteiger partial charge in [-0.1, -0.05) is 13.8 Å². The third-order valence-electron chi connectivity index (χ3n) is 4.45. The number of halogens is 1. The fraction of sp³-hybridized carbons (Fsp3) is 0.562. The lowest BCUT2D eigenvalue weighted by atomic mass is 9.75. The molecule has 1 N–H and O–H groups in total. The first kappa shape index (κ1) is 15.4. The summed E-state index contributed by atoms with van der Waals surface area (Å²) >= 11 is 3.35. The first-order valence-corrected chi connectivity index (χ1v) is 7.85. The van der Waals surface area contributed by atoms with E-state index < -0.39 is 5.97 Å². The first-order chi connectivity index (χ1) is 9.30. The molecule has 0 bridgehead atoms. The Morgan fingerprint density at radius 3 is 2.45 bits per heavy atom. The summed E-state index contributed by atoms with van der Waals surface area (Å²) < 4.78 is 0.644. The molecule has 1 aromatic rings. The standard InChI is InChI=1S/C16H22BrNO2/c1-16(2)8-6-11(7-9-16)18(3)12-4-5-13(15(19)20)14(17)10-12/h4-5,10-11H,6-9H2,1-3H3,(H,19,20). The molecule has 0 aliphatic heterocycles. The Kier molecular flexibility index (Phi) is 4.43. The molecule has 20 heavy (non-hydrogen) atoms. The molecule has 0 atom stereocenters. The maximum Gasteiger partial charge on any atom is 0.336 e. The SMILES string of the molecule is CN(c1ccc(C(=O)O)c(Br)c1)C1CCC(C)(C)CC1. The van der Waals surface area contributed by atoms with E-state index >= 15 is 0 Å². The van der Waals surface area contributed by atoms with Crippen LogP contribution >= 0.6 is 15.9 Å². The quantitative estimate of drug-likeness (QED) is 0.877. The molecule has 1 aliphatic rings. The van der Waals surface area contributed by atoms with Crippen molar-refractivity contribution < 1.29 is 9.90 Å². The lowest BCUT2D eigenvalue weighted by Crippen LogP contribution is -2.37. The third kappa shape index (κ3) is 3.35. The summed E-state index contributed by atoms with van der Waals surface area (Å²) in [6.07, 6.45) is 4.89. The summed E-state index contributed by atoms with van der Waals surface area (Å²) in [5.74, 6) is -0.898. The van der Waals surface area contributed by atoms with E-state index in [1.165, 1.54) is 25.7 Å². The molecule has 0 spiro atoms. The van der Waals surface area contributed by atoms with E-state index in [0.717, 1.165) is 5.69 Å². The van der Waals surface area contributed by atoms with E-state index in [4.69, 9.17) is 5.11 Å². The Balaban J connectivity index is 2.12. The van der Waals surface area contributed by atoms with Crippen molar-refractivity contribution in [3.63, 3.8) is 0 Å². The van der Waals surface area contributed by atoms with Crippen molar-refractivity contribution in [2.24, 2.45) is 5.41 Å². The van der Waals surface area contributed by atoms with Crippen molar-refractivity contribution >= 4 is 27.6 Å². The summed E-state index contributed by atoms with van der Waals surface area (Å²) in [5, 5.41) is 9.06. The van der Waals surface area contributed by atoms with Crippen LogP contribution in [0.15, 0.2) is 22.7 Å². The molecule has 0 amide bonds. The molecule has 0 saturated heterocycles. The van der Waals surface area contributed by atoms with Gasteiger partial charge in [0, 0.05) is 23.2 Å². The van der Waals surface area contributed by atoms with E-state index in [9.17, 15) is 4.79 Å². The van der Waals surface area contributed by atoms with Crippen molar-refractivity contribution in [3.05, 3.63) is 28.2 Å². The average molecular weight is 340 g/mol. The van der Waals surface area contributed by atoms with Crippen molar-refractivity contribution in [2.75, 3.05) is 11.9 Å². The molecule has 0 radical (unpaired) electrons. The Bertz CT molecular complexity index is 503. The van der Waals surface area contributed by atoms with Gasteiger partial charge in [-0.25, -0.2) is 4.79 Å². The van der Waals surface area contributed by atoms with Crippen LogP contribution in [0.2, 0.25) is 0 Å². The highest BCUT2D eigenvalue weighted by Gasteiger charge is 2.29. The Morgan fingerprint density at radius 1 is 1.35 bits per heavy atom. The number of nitrogens with zero attached hydrogens (tertiary/aromatic N) is 1. The van der Waals surface area contributed by atoms with Crippen molar-refractivity contribution in [2.45, 2.75) is 45.6 Å². The Hall–Kier alpha value is -1.03. The van der Waals surface area contributed by atoms with Crippen LogP contribution in [-0.4, -0.2) is 24.2 Å². The average Bonchev–Trinajstić information content (AvgIpc) is 2.37. The predicted molar refractivity (Wildman–Crippen MR) is 85.5 cm³/mol. The van der Waals surface area contributed by atoms with Crippen LogP contribution in [0.5, 0.6) is 0 Å². The summed E-state index contributed by atoms with van der Waals surface area (Å²) in [5.41, 5.74) is 1.85. The summed E-state index contributed by atoms with van der Waals surface area (Å²) in [7, 11) is 2.10. The third-order valence-corrected chi connectivity index (χ3v) is 5.10. The molecule has 2 rings (SSSR count). The van der Waals surface area contributed by atoms with Gasteiger partial charge in [-0.05, 0) is 65.2 Å². The van der Waals surface area contributed by atoms with Crippen LogP contribution in [0.4, 0.5) is 5.69 Å². The van der Waals surface area contributed by atoms with Crippen molar-refractivity contribution in [1.29, 1.82) is 0 Å². The van der Waals surface area contributed by atoms with Gasteiger partial charge in [0.15, 0.2) is 0 Å². The Morgan fingerprint density at radius 2 is 1.95 bits per heavy atom. The highest BCUT2D eigenvalue weighted by molar-refractivity contribution is 9.10. The minimum atomic E-state index is -0.898. The number of carboxylic acids is 1. The van der Waals surface area contributed by atoms with E-state index in [1.54, 1.807) is 6.07 Å². The fourth-order valence-corrected chi connectivity index (χ4v) is 3.42. The number of aromatic carboxylic acids is 1. The molecule has 1 aliphatic carbocycles. The lowest BCUT2D eigenvalue weighted by molar-refractivity contribution is 0.0696. The second-order valence-corrected chi connectivity index (χ2v) is 7.33. The van der Waals surface area contributed by atoms with Crippen LogP contribution in [0.1, 0.15) is 49.9 Å². The van der Waals surface area contributed by atoms with Crippen molar-refractivity contribution in [3.8, 4) is 0 Å². The molecule has 1 saturated carbocycles. The molecule has 110 valence electrons. The Labute approximate surface area is 129 Å². The van der Waals surface area contributed by atoms with Crippen LogP contribution in [0.25, 0.3) is 0 Å². The monoisotopic (exact) mass is 339 g/mol. The predicted octanol–water partition coefficient (Wildman–Crippen LogP) is 4.55. The molecule has 4 heteroatoms. The molecule has 1 aromatic carbocycles. The normalized spacial score (nSPS) is 18.8.